The maximum Gasteiger partial charge on any atom is 0.241 e. The van der Waals surface area contributed by atoms with E-state index in [0.29, 0.717) is 30.9 Å². The van der Waals surface area contributed by atoms with Gasteiger partial charge in [0.25, 0.3) is 0 Å². The van der Waals surface area contributed by atoms with E-state index in [2.05, 4.69) is 4.72 Å². The summed E-state index contributed by atoms with van der Waals surface area (Å²) >= 11 is 0. The second kappa shape index (κ2) is 7.61. The Morgan fingerprint density at radius 3 is 2.45 bits per heavy atom. The van der Waals surface area contributed by atoms with Gasteiger partial charge in [0.15, 0.2) is 0 Å². The first-order valence-corrected chi connectivity index (χ1v) is 8.43. The molecule has 0 bridgehead atoms. The lowest BCUT2D eigenvalue weighted by atomic mass is 10.1. The first kappa shape index (κ1) is 16.9. The lowest BCUT2D eigenvalue weighted by Crippen LogP contribution is -2.28. The van der Waals surface area contributed by atoms with Gasteiger partial charge in [0.2, 0.25) is 10.0 Å². The number of nitrogen functional groups attached to an aromatic ring is 1. The topological polar surface area (TPSA) is 81.4 Å². The fraction of sp³-hybridized carbons (Fsp3) is 0.571. The van der Waals surface area contributed by atoms with Gasteiger partial charge in [0.1, 0.15) is 0 Å². The van der Waals surface area contributed by atoms with Crippen LogP contribution in [-0.4, -0.2) is 28.2 Å². The van der Waals surface area contributed by atoms with Crippen LogP contribution in [0.4, 0.5) is 5.69 Å². The molecule has 0 aliphatic heterocycles. The minimum atomic E-state index is -3.55. The molecule has 0 unspecified atom stereocenters. The zero-order chi connectivity index (χ0) is 15.2. The molecule has 0 saturated carbocycles. The summed E-state index contributed by atoms with van der Waals surface area (Å²) < 4.78 is 32.4. The third-order valence-corrected chi connectivity index (χ3v) is 4.62. The van der Waals surface area contributed by atoms with Gasteiger partial charge in [-0.3, -0.25) is 0 Å². The molecule has 0 aliphatic rings. The van der Waals surface area contributed by atoms with Crippen molar-refractivity contribution in [3.8, 4) is 0 Å². The SMILES string of the molecule is CCOCCNS(=O)(=O)c1cc(CC)cc(N)c1CC. The van der Waals surface area contributed by atoms with Crippen molar-refractivity contribution in [2.45, 2.75) is 38.5 Å². The number of rotatable bonds is 8. The Kier molecular flexibility index (Phi) is 6.45. The molecule has 0 fully saturated rings. The Hall–Kier alpha value is -1.11. The van der Waals surface area contributed by atoms with Gasteiger partial charge in [-0.1, -0.05) is 13.8 Å². The minimum absolute atomic E-state index is 0.260. The first-order chi connectivity index (χ1) is 9.46. The Labute approximate surface area is 121 Å². The number of nitrogens with one attached hydrogen (secondary N) is 1. The van der Waals surface area contributed by atoms with E-state index in [0.717, 1.165) is 12.0 Å². The average molecular weight is 300 g/mol. The zero-order valence-corrected chi connectivity index (χ0v) is 13.2. The molecule has 114 valence electrons. The largest absolute Gasteiger partial charge is 0.398 e. The van der Waals surface area contributed by atoms with Gasteiger partial charge in [-0.15, -0.1) is 0 Å². The van der Waals surface area contributed by atoms with Gasteiger partial charge >= 0.3 is 0 Å². The summed E-state index contributed by atoms with van der Waals surface area (Å²) in [5.74, 6) is 0. The fourth-order valence-electron chi connectivity index (χ4n) is 2.02. The maximum absolute atomic E-state index is 12.4. The number of benzene rings is 1. The minimum Gasteiger partial charge on any atom is -0.398 e. The van der Waals surface area contributed by atoms with Crippen molar-refractivity contribution < 1.29 is 13.2 Å². The van der Waals surface area contributed by atoms with Crippen LogP contribution in [0.5, 0.6) is 0 Å². The van der Waals surface area contributed by atoms with Crippen LogP contribution < -0.4 is 10.5 Å². The van der Waals surface area contributed by atoms with E-state index in [9.17, 15) is 8.42 Å². The summed E-state index contributed by atoms with van der Waals surface area (Å²) in [4.78, 5) is 0.286. The molecule has 0 aromatic heterocycles. The highest BCUT2D eigenvalue weighted by Crippen LogP contribution is 2.25. The molecule has 0 aliphatic carbocycles. The van der Waals surface area contributed by atoms with E-state index < -0.39 is 10.0 Å². The highest BCUT2D eigenvalue weighted by atomic mass is 32.2. The van der Waals surface area contributed by atoms with Gasteiger partial charge in [0, 0.05) is 18.8 Å². The predicted molar refractivity (Wildman–Crippen MR) is 81.3 cm³/mol. The smallest absolute Gasteiger partial charge is 0.241 e. The van der Waals surface area contributed by atoms with Crippen molar-refractivity contribution in [1.29, 1.82) is 0 Å². The van der Waals surface area contributed by atoms with Gasteiger partial charge in [-0.25, -0.2) is 13.1 Å². The molecule has 0 saturated heterocycles. The average Bonchev–Trinajstić information content (AvgIpc) is 2.42. The van der Waals surface area contributed by atoms with E-state index >= 15 is 0 Å². The third-order valence-electron chi connectivity index (χ3n) is 3.10. The van der Waals surface area contributed by atoms with Gasteiger partial charge in [-0.05, 0) is 43.0 Å². The van der Waals surface area contributed by atoms with Crippen LogP contribution >= 0.6 is 0 Å². The molecule has 0 heterocycles. The number of aryl methyl sites for hydroxylation is 1. The van der Waals surface area contributed by atoms with Crippen LogP contribution in [0.25, 0.3) is 0 Å². The van der Waals surface area contributed by atoms with Crippen LogP contribution in [0.15, 0.2) is 17.0 Å². The Balaban J connectivity index is 3.06. The second-order valence-corrected chi connectivity index (χ2v) is 6.20. The van der Waals surface area contributed by atoms with Gasteiger partial charge in [0.05, 0.1) is 11.5 Å². The highest BCUT2D eigenvalue weighted by molar-refractivity contribution is 7.89. The molecule has 1 aromatic rings. The summed E-state index contributed by atoms with van der Waals surface area (Å²) in [7, 11) is -3.55. The zero-order valence-electron chi connectivity index (χ0n) is 12.4. The lowest BCUT2D eigenvalue weighted by molar-refractivity contribution is 0.153. The number of hydrogen-bond donors (Lipinski definition) is 2. The van der Waals surface area contributed by atoms with Crippen molar-refractivity contribution in [2.24, 2.45) is 0 Å². The number of hydrogen-bond acceptors (Lipinski definition) is 4. The monoisotopic (exact) mass is 300 g/mol. The summed E-state index contributed by atoms with van der Waals surface area (Å²) in [5.41, 5.74) is 8.10. The first-order valence-electron chi connectivity index (χ1n) is 6.94. The summed E-state index contributed by atoms with van der Waals surface area (Å²) in [6, 6.07) is 3.55. The third kappa shape index (κ3) is 4.19. The van der Waals surface area contributed by atoms with E-state index in [4.69, 9.17) is 10.5 Å². The molecule has 0 amide bonds. The van der Waals surface area contributed by atoms with Gasteiger partial charge in [-0.2, -0.15) is 0 Å². The van der Waals surface area contributed by atoms with Gasteiger partial charge < -0.3 is 10.5 Å². The molecule has 1 aromatic carbocycles. The molecule has 3 N–H and O–H groups in total. The van der Waals surface area contributed by atoms with E-state index in [1.54, 1.807) is 6.07 Å². The maximum atomic E-state index is 12.4. The van der Waals surface area contributed by atoms with Crippen molar-refractivity contribution in [1.82, 2.24) is 4.72 Å². The van der Waals surface area contributed by atoms with E-state index in [-0.39, 0.29) is 11.4 Å². The van der Waals surface area contributed by atoms with Crippen LogP contribution in [0.3, 0.4) is 0 Å². The molecule has 20 heavy (non-hydrogen) atoms. The number of anilines is 1. The summed E-state index contributed by atoms with van der Waals surface area (Å²) in [6.45, 7) is 6.93. The van der Waals surface area contributed by atoms with Crippen LogP contribution in [0.2, 0.25) is 0 Å². The fourth-order valence-corrected chi connectivity index (χ4v) is 3.42. The molecule has 0 atom stereocenters. The molecule has 0 spiro atoms. The summed E-state index contributed by atoms with van der Waals surface area (Å²) in [5, 5.41) is 0. The van der Waals surface area contributed by atoms with E-state index in [1.807, 2.05) is 26.8 Å². The van der Waals surface area contributed by atoms with E-state index in [1.165, 1.54) is 0 Å². The van der Waals surface area contributed by atoms with Crippen LogP contribution in [-0.2, 0) is 27.6 Å². The molecule has 0 radical (unpaired) electrons. The normalized spacial score (nSPS) is 11.8. The predicted octanol–water partition coefficient (Wildman–Crippen LogP) is 1.71. The number of sulfonamides is 1. The second-order valence-electron chi connectivity index (χ2n) is 4.46. The van der Waals surface area contributed by atoms with Crippen LogP contribution in [0.1, 0.15) is 31.9 Å². The molecular weight excluding hydrogens is 276 g/mol. The Bertz CT molecular complexity index is 542. The van der Waals surface area contributed by atoms with Crippen molar-refractivity contribution >= 4 is 15.7 Å². The van der Waals surface area contributed by atoms with Crippen molar-refractivity contribution in [3.05, 3.63) is 23.3 Å². The standard InChI is InChI=1S/C14H24N2O3S/c1-4-11-9-13(15)12(5-2)14(10-11)20(17,18)16-7-8-19-6-3/h9-10,16H,4-8,15H2,1-3H3. The van der Waals surface area contributed by atoms with Crippen LogP contribution in [0, 0.1) is 0 Å². The highest BCUT2D eigenvalue weighted by Gasteiger charge is 2.20. The Morgan fingerprint density at radius 1 is 1.20 bits per heavy atom. The molecular formula is C14H24N2O3S. The quantitative estimate of drug-likeness (QED) is 0.565. The molecule has 6 heteroatoms. The molecule has 5 nitrogen and oxygen atoms in total. The van der Waals surface area contributed by atoms with Crippen molar-refractivity contribution in [2.75, 3.05) is 25.5 Å². The molecule has 1 rings (SSSR count). The lowest BCUT2D eigenvalue weighted by Gasteiger charge is -2.14. The number of ether oxygens (including phenoxy) is 1. The number of nitrogens with two attached hydrogens (primary N) is 1. The van der Waals surface area contributed by atoms with Crippen molar-refractivity contribution in [3.63, 3.8) is 0 Å². The summed E-state index contributed by atoms with van der Waals surface area (Å²) in [6.07, 6.45) is 1.33. The Morgan fingerprint density at radius 2 is 1.90 bits per heavy atom.